The summed E-state index contributed by atoms with van der Waals surface area (Å²) in [7, 11) is 0. The van der Waals surface area contributed by atoms with Gasteiger partial charge in [0.15, 0.2) is 5.65 Å². The molecule has 0 unspecified atom stereocenters. The molecule has 0 amide bonds. The first-order valence-electron chi connectivity index (χ1n) is 5.31. The first kappa shape index (κ1) is 11.9. The van der Waals surface area contributed by atoms with Gasteiger partial charge in [0.2, 0.25) is 5.95 Å². The molecular weight excluding hydrogens is 274 g/mol. The van der Waals surface area contributed by atoms with Crippen molar-refractivity contribution in [3.8, 4) is 5.69 Å². The molecule has 96 valence electrons. The molecule has 19 heavy (non-hydrogen) atoms. The van der Waals surface area contributed by atoms with Gasteiger partial charge in [-0.3, -0.25) is 4.57 Å². The minimum atomic E-state index is -0.747. The van der Waals surface area contributed by atoms with E-state index in [0.29, 0.717) is 16.2 Å². The van der Waals surface area contributed by atoms with E-state index in [1.54, 1.807) is 6.07 Å². The number of imidazole rings is 1. The van der Waals surface area contributed by atoms with Gasteiger partial charge in [0.25, 0.3) is 0 Å². The third-order valence-electron chi connectivity index (χ3n) is 2.64. The normalized spacial score (nSPS) is 11.1. The summed E-state index contributed by atoms with van der Waals surface area (Å²) in [6.07, 6.45) is 1.41. The lowest BCUT2D eigenvalue weighted by atomic mass is 10.3. The van der Waals surface area contributed by atoms with Crippen LogP contribution in [-0.2, 0) is 0 Å². The van der Waals surface area contributed by atoms with Crippen molar-refractivity contribution >= 4 is 28.7 Å². The van der Waals surface area contributed by atoms with Gasteiger partial charge in [-0.25, -0.2) is 18.7 Å². The second-order valence-corrected chi connectivity index (χ2v) is 4.33. The maximum Gasteiger partial charge on any atom is 0.207 e. The highest BCUT2D eigenvalue weighted by Crippen LogP contribution is 2.25. The Kier molecular flexibility index (Phi) is 2.60. The average Bonchev–Trinajstić information content (AvgIpc) is 2.65. The van der Waals surface area contributed by atoms with Crippen LogP contribution in [0.25, 0.3) is 16.9 Å². The Labute approximate surface area is 111 Å². The topological polar surface area (TPSA) is 56.7 Å². The molecule has 2 N–H and O–H groups in total. The van der Waals surface area contributed by atoms with Gasteiger partial charge in [0.1, 0.15) is 17.2 Å². The molecule has 3 aromatic rings. The highest BCUT2D eigenvalue weighted by atomic mass is 35.5. The minimum absolute atomic E-state index is 0.0512. The average molecular weight is 281 g/mol. The van der Waals surface area contributed by atoms with Crippen LogP contribution in [0.3, 0.4) is 0 Å². The lowest BCUT2D eigenvalue weighted by Crippen LogP contribution is -2.04. The summed E-state index contributed by atoms with van der Waals surface area (Å²) < 4.78 is 28.0. The molecule has 2 heterocycles. The highest BCUT2D eigenvalue weighted by Gasteiger charge is 2.15. The van der Waals surface area contributed by atoms with Gasteiger partial charge in [0, 0.05) is 12.3 Å². The van der Waals surface area contributed by atoms with E-state index in [9.17, 15) is 8.78 Å². The molecule has 7 heteroatoms. The molecule has 0 spiro atoms. The van der Waals surface area contributed by atoms with Crippen molar-refractivity contribution in [2.24, 2.45) is 0 Å². The molecule has 0 aliphatic heterocycles. The molecule has 0 bridgehead atoms. The molecule has 0 saturated heterocycles. The lowest BCUT2D eigenvalue weighted by Gasteiger charge is -2.06. The first-order valence-corrected chi connectivity index (χ1v) is 5.69. The summed E-state index contributed by atoms with van der Waals surface area (Å²) >= 11 is 5.80. The van der Waals surface area contributed by atoms with Gasteiger partial charge in [-0.05, 0) is 18.2 Å². The highest BCUT2D eigenvalue weighted by molar-refractivity contribution is 6.31. The smallest absolute Gasteiger partial charge is 0.207 e. The molecule has 1 aromatic carbocycles. The number of hydrogen-bond donors (Lipinski definition) is 1. The van der Waals surface area contributed by atoms with Crippen molar-refractivity contribution < 1.29 is 8.78 Å². The van der Waals surface area contributed by atoms with Gasteiger partial charge in [-0.1, -0.05) is 11.6 Å². The number of anilines is 1. The van der Waals surface area contributed by atoms with Crippen molar-refractivity contribution in [1.82, 2.24) is 14.5 Å². The second-order valence-electron chi connectivity index (χ2n) is 3.90. The fourth-order valence-corrected chi connectivity index (χ4v) is 2.01. The van der Waals surface area contributed by atoms with Crippen molar-refractivity contribution in [3.05, 3.63) is 47.1 Å². The number of halogens is 3. The van der Waals surface area contributed by atoms with Crippen LogP contribution < -0.4 is 5.73 Å². The zero-order valence-corrected chi connectivity index (χ0v) is 10.2. The molecule has 0 aliphatic carbocycles. The van der Waals surface area contributed by atoms with Crippen molar-refractivity contribution in [3.63, 3.8) is 0 Å². The summed E-state index contributed by atoms with van der Waals surface area (Å²) in [5.41, 5.74) is 6.62. The monoisotopic (exact) mass is 280 g/mol. The fourth-order valence-electron chi connectivity index (χ4n) is 1.86. The van der Waals surface area contributed by atoms with Gasteiger partial charge >= 0.3 is 0 Å². The molecule has 0 radical (unpaired) electrons. The Balaban J connectivity index is 2.33. The van der Waals surface area contributed by atoms with E-state index in [2.05, 4.69) is 9.97 Å². The number of rotatable bonds is 1. The SMILES string of the molecule is Nc1nc2cc(Cl)cnc2n1-c1ccc(F)cc1F. The van der Waals surface area contributed by atoms with E-state index < -0.39 is 11.6 Å². The summed E-state index contributed by atoms with van der Waals surface area (Å²) in [5.74, 6) is -1.36. The number of fused-ring (bicyclic) bond motifs is 1. The van der Waals surface area contributed by atoms with Crippen LogP contribution in [0.5, 0.6) is 0 Å². The molecule has 0 saturated carbocycles. The largest absolute Gasteiger partial charge is 0.369 e. The van der Waals surface area contributed by atoms with Crippen LogP contribution in [0.4, 0.5) is 14.7 Å². The summed E-state index contributed by atoms with van der Waals surface area (Å²) in [5, 5.41) is 0.400. The summed E-state index contributed by atoms with van der Waals surface area (Å²) in [6, 6.07) is 4.76. The number of pyridine rings is 1. The Hall–Kier alpha value is -2.21. The fraction of sp³-hybridized carbons (Fsp3) is 0. The van der Waals surface area contributed by atoms with Crippen molar-refractivity contribution in [1.29, 1.82) is 0 Å². The van der Waals surface area contributed by atoms with Crippen LogP contribution in [0.15, 0.2) is 30.5 Å². The van der Waals surface area contributed by atoms with E-state index in [-0.39, 0.29) is 11.6 Å². The molecule has 0 fully saturated rings. The van der Waals surface area contributed by atoms with Crippen molar-refractivity contribution in [2.45, 2.75) is 0 Å². The van der Waals surface area contributed by atoms with Gasteiger partial charge in [-0.2, -0.15) is 0 Å². The molecule has 0 aliphatic rings. The first-order chi connectivity index (χ1) is 9.06. The summed E-state index contributed by atoms with van der Waals surface area (Å²) in [6.45, 7) is 0. The van der Waals surface area contributed by atoms with Crippen LogP contribution in [0, 0.1) is 11.6 Å². The van der Waals surface area contributed by atoms with Crippen LogP contribution >= 0.6 is 11.6 Å². The zero-order chi connectivity index (χ0) is 13.6. The van der Waals surface area contributed by atoms with Crippen molar-refractivity contribution in [2.75, 3.05) is 5.73 Å². The Morgan fingerprint density at radius 3 is 2.74 bits per heavy atom. The van der Waals surface area contributed by atoms with E-state index in [4.69, 9.17) is 17.3 Å². The summed E-state index contributed by atoms with van der Waals surface area (Å²) in [4.78, 5) is 8.12. The van der Waals surface area contributed by atoms with E-state index in [1.807, 2.05) is 0 Å². The molecule has 4 nitrogen and oxygen atoms in total. The van der Waals surface area contributed by atoms with E-state index in [0.717, 1.165) is 12.1 Å². The Morgan fingerprint density at radius 2 is 2.00 bits per heavy atom. The molecule has 0 atom stereocenters. The Morgan fingerprint density at radius 1 is 1.21 bits per heavy atom. The number of aromatic nitrogens is 3. The maximum atomic E-state index is 13.8. The molecule has 2 aromatic heterocycles. The number of nitrogen functional groups attached to an aromatic ring is 1. The second kappa shape index (κ2) is 4.17. The maximum absolute atomic E-state index is 13.8. The Bertz CT molecular complexity index is 785. The van der Waals surface area contributed by atoms with Gasteiger partial charge in [0.05, 0.1) is 10.7 Å². The standard InChI is InChI=1S/C12H7ClF2N4/c13-6-3-9-11(17-5-6)19(12(16)18-9)10-2-1-7(14)4-8(10)15/h1-5H,(H2,16,18). The number of nitrogens with zero attached hydrogens (tertiary/aromatic N) is 3. The van der Waals surface area contributed by atoms with E-state index >= 15 is 0 Å². The molecular formula is C12H7ClF2N4. The van der Waals surface area contributed by atoms with Crippen LogP contribution in [0.2, 0.25) is 5.02 Å². The zero-order valence-electron chi connectivity index (χ0n) is 9.44. The van der Waals surface area contributed by atoms with Crippen LogP contribution in [-0.4, -0.2) is 14.5 Å². The number of hydrogen-bond acceptors (Lipinski definition) is 3. The van der Waals surface area contributed by atoms with E-state index in [1.165, 1.54) is 16.8 Å². The predicted molar refractivity (Wildman–Crippen MR) is 68.2 cm³/mol. The number of nitrogens with two attached hydrogens (primary N) is 1. The number of benzene rings is 1. The van der Waals surface area contributed by atoms with Crippen LogP contribution in [0.1, 0.15) is 0 Å². The third-order valence-corrected chi connectivity index (χ3v) is 2.85. The predicted octanol–water partition coefficient (Wildman–Crippen LogP) is 2.93. The minimum Gasteiger partial charge on any atom is -0.369 e. The van der Waals surface area contributed by atoms with Gasteiger partial charge < -0.3 is 5.73 Å². The third kappa shape index (κ3) is 1.90. The quantitative estimate of drug-likeness (QED) is 0.745. The molecule has 3 rings (SSSR count). The van der Waals surface area contributed by atoms with Gasteiger partial charge in [-0.15, -0.1) is 0 Å². The lowest BCUT2D eigenvalue weighted by molar-refractivity contribution is 0.578.